The van der Waals surface area contributed by atoms with Crippen LogP contribution in [0.15, 0.2) is 23.1 Å². The molecular formula is C7H9NO6S. The Morgan fingerprint density at radius 3 is 2.27 bits per heavy atom. The summed E-state index contributed by atoms with van der Waals surface area (Å²) >= 11 is 0. The minimum Gasteiger partial charge on any atom is -0.871 e. The highest BCUT2D eigenvalue weighted by Gasteiger charge is 2.14. The summed E-state index contributed by atoms with van der Waals surface area (Å²) in [6.07, 6.45) is 0. The van der Waals surface area contributed by atoms with Gasteiger partial charge in [-0.2, -0.15) is 8.42 Å². The predicted molar refractivity (Wildman–Crippen MR) is 48.6 cm³/mol. The summed E-state index contributed by atoms with van der Waals surface area (Å²) in [6, 6.07) is 2.86. The summed E-state index contributed by atoms with van der Waals surface area (Å²) in [7, 11) is -4.67. The fourth-order valence-electron chi connectivity index (χ4n) is 0.887. The quantitative estimate of drug-likeness (QED) is 0.617. The molecule has 0 amide bonds. The van der Waals surface area contributed by atoms with Gasteiger partial charge in [0.25, 0.3) is 10.1 Å². The first kappa shape index (κ1) is 13.4. The van der Waals surface area contributed by atoms with Gasteiger partial charge in [-0.05, 0) is 12.1 Å². The molecule has 0 aromatic heterocycles. The third kappa shape index (κ3) is 2.65. The Hall–Kier alpha value is -1.64. The van der Waals surface area contributed by atoms with E-state index in [1.165, 1.54) is 0 Å². The Morgan fingerprint density at radius 2 is 1.87 bits per heavy atom. The van der Waals surface area contributed by atoms with Gasteiger partial charge in [-0.1, -0.05) is 11.8 Å². The molecule has 1 aromatic carbocycles. The van der Waals surface area contributed by atoms with Crippen LogP contribution in [-0.2, 0) is 10.1 Å². The third-order valence-corrected chi connectivity index (χ3v) is 2.36. The predicted octanol–water partition coefficient (Wildman–Crippen LogP) is 0.0813. The molecule has 0 atom stereocenters. The van der Waals surface area contributed by atoms with Gasteiger partial charge in [0.15, 0.2) is 0 Å². The van der Waals surface area contributed by atoms with Gasteiger partial charge < -0.3 is 16.4 Å². The van der Waals surface area contributed by atoms with E-state index in [4.69, 9.17) is 9.66 Å². The zero-order valence-corrected chi connectivity index (χ0v) is 8.48. The van der Waals surface area contributed by atoms with Gasteiger partial charge in [-0.15, -0.1) is 0 Å². The molecular weight excluding hydrogens is 226 g/mol. The largest absolute Gasteiger partial charge is 0.871 e. The lowest BCUT2D eigenvalue weighted by Gasteiger charge is -2.13. The van der Waals surface area contributed by atoms with Crippen LogP contribution in [0.5, 0.6) is 5.75 Å². The Balaban J connectivity index is 0.00000196. The number of carboxylic acids is 1. The van der Waals surface area contributed by atoms with Crippen molar-refractivity contribution in [1.29, 1.82) is 0 Å². The average Bonchev–Trinajstić information content (AvgIpc) is 2.01. The van der Waals surface area contributed by atoms with E-state index in [0.717, 1.165) is 18.2 Å². The molecule has 0 aliphatic carbocycles. The molecule has 0 aliphatic rings. The van der Waals surface area contributed by atoms with Gasteiger partial charge in [0.1, 0.15) is 0 Å². The molecule has 0 radical (unpaired) electrons. The maximum Gasteiger partial charge on any atom is 0.335 e. The SMILES string of the molecule is O=C(O)c1cccc(S(=O)(=O)O)c1[O-].[NH4+]. The molecule has 1 rings (SSSR count). The average molecular weight is 235 g/mol. The molecule has 84 valence electrons. The number of aromatic carboxylic acids is 1. The number of hydrogen-bond acceptors (Lipinski definition) is 4. The first-order valence-electron chi connectivity index (χ1n) is 3.35. The van der Waals surface area contributed by atoms with Crippen LogP contribution in [0.4, 0.5) is 0 Å². The second kappa shape index (κ2) is 4.26. The second-order valence-corrected chi connectivity index (χ2v) is 3.80. The monoisotopic (exact) mass is 235 g/mol. The highest BCUT2D eigenvalue weighted by Crippen LogP contribution is 2.23. The van der Waals surface area contributed by atoms with E-state index in [1.54, 1.807) is 0 Å². The Morgan fingerprint density at radius 1 is 1.33 bits per heavy atom. The number of carbonyl (C=O) groups is 1. The minimum absolute atomic E-state index is 0. The van der Waals surface area contributed by atoms with E-state index in [2.05, 4.69) is 0 Å². The molecule has 0 spiro atoms. The summed E-state index contributed by atoms with van der Waals surface area (Å²) in [5, 5.41) is 19.6. The smallest absolute Gasteiger partial charge is 0.335 e. The zero-order chi connectivity index (χ0) is 10.9. The summed E-state index contributed by atoms with van der Waals surface area (Å²) in [4.78, 5) is 9.49. The topological polar surface area (TPSA) is 151 Å². The fourth-order valence-corrected chi connectivity index (χ4v) is 1.48. The van der Waals surface area contributed by atoms with Crippen LogP contribution >= 0.6 is 0 Å². The van der Waals surface area contributed by atoms with Crippen molar-refractivity contribution in [3.63, 3.8) is 0 Å². The maximum absolute atomic E-state index is 11.1. The molecule has 0 bridgehead atoms. The lowest BCUT2D eigenvalue weighted by Crippen LogP contribution is -2.10. The highest BCUT2D eigenvalue weighted by molar-refractivity contribution is 7.86. The summed E-state index contributed by atoms with van der Waals surface area (Å²) in [5.74, 6) is -2.76. The van der Waals surface area contributed by atoms with E-state index in [1.807, 2.05) is 0 Å². The van der Waals surface area contributed by atoms with Crippen LogP contribution in [0, 0.1) is 0 Å². The molecule has 0 aliphatic heterocycles. The molecule has 0 saturated heterocycles. The fraction of sp³-hybridized carbons (Fsp3) is 0. The van der Waals surface area contributed by atoms with Crippen LogP contribution < -0.4 is 11.3 Å². The van der Waals surface area contributed by atoms with Crippen LogP contribution in [0.3, 0.4) is 0 Å². The molecule has 0 heterocycles. The highest BCUT2D eigenvalue weighted by atomic mass is 32.2. The normalized spacial score (nSPS) is 10.5. The standard InChI is InChI=1S/C7H6O6S.H3N/c8-6-4(7(9)10)2-1-3-5(6)14(11,12)13;/h1-3,8H,(H,9,10)(H,11,12,13);1H3. The molecule has 8 heteroatoms. The Labute approximate surface area is 85.3 Å². The number of quaternary nitrogens is 1. The van der Waals surface area contributed by atoms with Crippen molar-refractivity contribution in [1.82, 2.24) is 6.15 Å². The van der Waals surface area contributed by atoms with Crippen LogP contribution in [-0.4, -0.2) is 24.0 Å². The second-order valence-electron chi connectivity index (χ2n) is 2.41. The van der Waals surface area contributed by atoms with Crippen LogP contribution in [0.2, 0.25) is 0 Å². The van der Waals surface area contributed by atoms with Crippen LogP contribution in [0.1, 0.15) is 10.4 Å². The number of rotatable bonds is 2. The molecule has 0 saturated carbocycles. The van der Waals surface area contributed by atoms with Gasteiger partial charge in [0.05, 0.1) is 10.5 Å². The lowest BCUT2D eigenvalue weighted by atomic mass is 10.2. The van der Waals surface area contributed by atoms with Crippen molar-refractivity contribution in [3.8, 4) is 5.75 Å². The lowest BCUT2D eigenvalue weighted by molar-refractivity contribution is -0.273. The molecule has 1 aromatic rings. The molecule has 15 heavy (non-hydrogen) atoms. The van der Waals surface area contributed by atoms with Gasteiger partial charge in [0.2, 0.25) is 0 Å². The molecule has 7 nitrogen and oxygen atoms in total. The number of carboxylic acid groups (broad SMARTS) is 1. The number of hydrogen-bond donors (Lipinski definition) is 3. The van der Waals surface area contributed by atoms with Crippen molar-refractivity contribution in [3.05, 3.63) is 23.8 Å². The maximum atomic E-state index is 11.1. The van der Waals surface area contributed by atoms with Gasteiger partial charge in [-0.3, -0.25) is 4.55 Å². The zero-order valence-electron chi connectivity index (χ0n) is 7.67. The summed E-state index contributed by atoms with van der Waals surface area (Å²) in [5.41, 5.74) is -0.694. The van der Waals surface area contributed by atoms with Crippen molar-refractivity contribution >= 4 is 16.1 Å². The van der Waals surface area contributed by atoms with Gasteiger partial charge in [-0.25, -0.2) is 4.79 Å². The van der Waals surface area contributed by atoms with Gasteiger partial charge in [0, 0.05) is 0 Å². The molecule has 0 fully saturated rings. The van der Waals surface area contributed by atoms with Crippen molar-refractivity contribution < 1.29 is 28.0 Å². The Bertz CT molecular complexity index is 480. The van der Waals surface area contributed by atoms with E-state index in [9.17, 15) is 18.3 Å². The summed E-state index contributed by atoms with van der Waals surface area (Å²) < 4.78 is 29.7. The summed E-state index contributed by atoms with van der Waals surface area (Å²) in [6.45, 7) is 0. The first-order chi connectivity index (χ1) is 6.34. The van der Waals surface area contributed by atoms with Gasteiger partial charge >= 0.3 is 5.97 Å². The Kier molecular flexibility index (Phi) is 3.79. The van der Waals surface area contributed by atoms with Crippen molar-refractivity contribution in [2.45, 2.75) is 4.90 Å². The van der Waals surface area contributed by atoms with E-state index in [-0.39, 0.29) is 6.15 Å². The number of para-hydroxylation sites is 1. The van der Waals surface area contributed by atoms with E-state index >= 15 is 0 Å². The van der Waals surface area contributed by atoms with E-state index in [0.29, 0.717) is 0 Å². The number of benzene rings is 1. The van der Waals surface area contributed by atoms with Crippen molar-refractivity contribution in [2.24, 2.45) is 0 Å². The van der Waals surface area contributed by atoms with E-state index < -0.39 is 32.3 Å². The molecule has 0 unspecified atom stereocenters. The molecule has 6 N–H and O–H groups in total. The minimum atomic E-state index is -4.67. The van der Waals surface area contributed by atoms with Crippen LogP contribution in [0.25, 0.3) is 0 Å². The first-order valence-corrected chi connectivity index (χ1v) is 4.79. The van der Waals surface area contributed by atoms with Crippen molar-refractivity contribution in [2.75, 3.05) is 0 Å². The third-order valence-electron chi connectivity index (χ3n) is 1.49.